The van der Waals surface area contributed by atoms with E-state index in [4.69, 9.17) is 10.5 Å². The van der Waals surface area contributed by atoms with Crippen molar-refractivity contribution in [2.75, 3.05) is 17.7 Å². The minimum atomic E-state index is -0.634. The van der Waals surface area contributed by atoms with Gasteiger partial charge in [-0.05, 0) is 37.6 Å². The molecule has 23 heavy (non-hydrogen) atoms. The first-order valence-electron chi connectivity index (χ1n) is 7.09. The number of aryl methyl sites for hydroxylation is 1. The Kier molecular flexibility index (Phi) is 5.30. The maximum atomic E-state index is 14.4. The zero-order valence-corrected chi connectivity index (χ0v) is 13.0. The van der Waals surface area contributed by atoms with E-state index < -0.39 is 11.7 Å². The van der Waals surface area contributed by atoms with Gasteiger partial charge in [0.25, 0.3) is 5.91 Å². The van der Waals surface area contributed by atoms with Gasteiger partial charge in [-0.2, -0.15) is 0 Å². The third-order valence-corrected chi connectivity index (χ3v) is 3.20. The molecular formula is C17H18FN3O2. The molecule has 1 heterocycles. The van der Waals surface area contributed by atoms with Crippen molar-refractivity contribution < 1.29 is 13.9 Å². The molecule has 0 aliphatic carbocycles. The normalized spacial score (nSPS) is 10.7. The molecule has 0 spiro atoms. The van der Waals surface area contributed by atoms with Crippen LogP contribution in [0.1, 0.15) is 22.8 Å². The number of ether oxygens (including phenoxy) is 1. The number of allylic oxidation sites excluding steroid dienone is 1. The average molecular weight is 315 g/mol. The summed E-state index contributed by atoms with van der Waals surface area (Å²) < 4.78 is 19.7. The van der Waals surface area contributed by atoms with Crippen molar-refractivity contribution in [3.63, 3.8) is 0 Å². The molecule has 2 rings (SSSR count). The predicted octanol–water partition coefficient (Wildman–Crippen LogP) is 3.32. The molecule has 2 aromatic rings. The average Bonchev–Trinajstić information content (AvgIpc) is 2.51. The van der Waals surface area contributed by atoms with Crippen LogP contribution in [0.2, 0.25) is 0 Å². The first kappa shape index (κ1) is 16.5. The van der Waals surface area contributed by atoms with Gasteiger partial charge >= 0.3 is 0 Å². The highest BCUT2D eigenvalue weighted by Crippen LogP contribution is 2.25. The smallest absolute Gasteiger partial charge is 0.259 e. The number of rotatable bonds is 5. The Morgan fingerprint density at radius 2 is 2.22 bits per heavy atom. The fourth-order valence-electron chi connectivity index (χ4n) is 2.01. The van der Waals surface area contributed by atoms with Gasteiger partial charge in [0.15, 0.2) is 11.6 Å². The van der Waals surface area contributed by atoms with E-state index in [2.05, 4.69) is 10.3 Å². The number of nitrogen functional groups attached to an aromatic ring is 1. The quantitative estimate of drug-likeness (QED) is 0.830. The fraction of sp³-hybridized carbons (Fsp3) is 0.176. The Balaban J connectivity index is 2.23. The Labute approximate surface area is 134 Å². The largest absolute Gasteiger partial charge is 0.486 e. The van der Waals surface area contributed by atoms with E-state index in [0.717, 1.165) is 0 Å². The van der Waals surface area contributed by atoms with Crippen molar-refractivity contribution in [1.29, 1.82) is 0 Å². The van der Waals surface area contributed by atoms with E-state index in [1.165, 1.54) is 18.3 Å². The summed E-state index contributed by atoms with van der Waals surface area (Å²) in [6.07, 6.45) is 5.07. The lowest BCUT2D eigenvalue weighted by Crippen LogP contribution is -2.17. The van der Waals surface area contributed by atoms with Crippen LogP contribution in [0.25, 0.3) is 0 Å². The first-order chi connectivity index (χ1) is 11.0. The highest BCUT2D eigenvalue weighted by molar-refractivity contribution is 6.08. The van der Waals surface area contributed by atoms with Gasteiger partial charge < -0.3 is 15.8 Å². The second-order valence-corrected chi connectivity index (χ2v) is 4.84. The van der Waals surface area contributed by atoms with Gasteiger partial charge in [-0.1, -0.05) is 18.2 Å². The summed E-state index contributed by atoms with van der Waals surface area (Å²) >= 11 is 0. The molecule has 5 nitrogen and oxygen atoms in total. The van der Waals surface area contributed by atoms with E-state index in [9.17, 15) is 9.18 Å². The molecule has 1 amide bonds. The van der Waals surface area contributed by atoms with Crippen LogP contribution in [0.3, 0.4) is 0 Å². The van der Waals surface area contributed by atoms with E-state index in [1.807, 2.05) is 6.92 Å². The zero-order valence-electron chi connectivity index (χ0n) is 13.0. The lowest BCUT2D eigenvalue weighted by molar-refractivity contribution is 0.102. The number of aromatic nitrogens is 1. The van der Waals surface area contributed by atoms with Gasteiger partial charge in [-0.15, -0.1) is 0 Å². The molecular weight excluding hydrogens is 297 g/mol. The van der Waals surface area contributed by atoms with E-state index in [0.29, 0.717) is 5.56 Å². The first-order valence-corrected chi connectivity index (χ1v) is 7.09. The molecule has 0 fully saturated rings. The van der Waals surface area contributed by atoms with Gasteiger partial charge in [-0.3, -0.25) is 4.79 Å². The molecule has 0 aliphatic rings. The summed E-state index contributed by atoms with van der Waals surface area (Å²) in [5.41, 5.74) is 6.64. The number of anilines is 2. The van der Waals surface area contributed by atoms with Crippen molar-refractivity contribution in [2.24, 2.45) is 0 Å². The predicted molar refractivity (Wildman–Crippen MR) is 88.0 cm³/mol. The van der Waals surface area contributed by atoms with Crippen LogP contribution in [0.15, 0.2) is 42.6 Å². The topological polar surface area (TPSA) is 77.2 Å². The molecule has 0 radical (unpaired) electrons. The molecule has 120 valence electrons. The molecule has 0 unspecified atom stereocenters. The van der Waals surface area contributed by atoms with Crippen LogP contribution in [0.4, 0.5) is 15.9 Å². The van der Waals surface area contributed by atoms with Crippen LogP contribution >= 0.6 is 0 Å². The highest BCUT2D eigenvalue weighted by atomic mass is 19.1. The van der Waals surface area contributed by atoms with E-state index >= 15 is 0 Å². The number of hydrogen-bond donors (Lipinski definition) is 2. The van der Waals surface area contributed by atoms with Crippen LogP contribution < -0.4 is 15.8 Å². The Morgan fingerprint density at radius 3 is 2.91 bits per heavy atom. The third-order valence-electron chi connectivity index (χ3n) is 3.20. The number of nitrogens with one attached hydrogen (secondary N) is 1. The number of carbonyl (C=O) groups is 1. The van der Waals surface area contributed by atoms with Gasteiger partial charge in [0.1, 0.15) is 12.4 Å². The van der Waals surface area contributed by atoms with Crippen LogP contribution in [0.5, 0.6) is 5.75 Å². The number of halogens is 1. The summed E-state index contributed by atoms with van der Waals surface area (Å²) in [5, 5.41) is 2.51. The molecule has 6 heteroatoms. The van der Waals surface area contributed by atoms with Crippen LogP contribution in [0, 0.1) is 12.7 Å². The summed E-state index contributed by atoms with van der Waals surface area (Å²) in [7, 11) is 0. The Morgan fingerprint density at radius 1 is 1.43 bits per heavy atom. The number of amides is 1. The van der Waals surface area contributed by atoms with Crippen molar-refractivity contribution in [2.45, 2.75) is 13.8 Å². The third kappa shape index (κ3) is 3.85. The maximum Gasteiger partial charge on any atom is 0.259 e. The molecule has 0 saturated heterocycles. The summed E-state index contributed by atoms with van der Waals surface area (Å²) in [6, 6.07) is 6.22. The number of nitrogens with zero attached hydrogens (tertiary/aromatic N) is 1. The minimum Gasteiger partial charge on any atom is -0.486 e. The summed E-state index contributed by atoms with van der Waals surface area (Å²) in [4.78, 5) is 16.2. The van der Waals surface area contributed by atoms with Crippen molar-refractivity contribution in [3.8, 4) is 5.75 Å². The Hall–Kier alpha value is -2.89. The molecule has 0 bridgehead atoms. The summed E-state index contributed by atoms with van der Waals surface area (Å²) in [5.74, 6) is -0.983. The Bertz CT molecular complexity index is 724. The van der Waals surface area contributed by atoms with Crippen molar-refractivity contribution in [3.05, 3.63) is 59.6 Å². The standard InChI is InChI=1S/C17H18FN3O2/c1-3-4-10-23-13-7-5-6-12(15(13)18)21-17(22)14-11(2)8-9-20-16(14)19/h3-9H,10H2,1-2H3,(H2,19,20)(H,21,22). The lowest BCUT2D eigenvalue weighted by Gasteiger charge is -2.12. The SMILES string of the molecule is CC=CCOc1cccc(NC(=O)c2c(C)ccnc2N)c1F. The van der Waals surface area contributed by atoms with Crippen molar-refractivity contribution >= 4 is 17.4 Å². The van der Waals surface area contributed by atoms with E-state index in [-0.39, 0.29) is 29.4 Å². The van der Waals surface area contributed by atoms with E-state index in [1.54, 1.807) is 31.2 Å². The molecule has 0 aliphatic heterocycles. The van der Waals surface area contributed by atoms with Gasteiger partial charge in [0.05, 0.1) is 11.3 Å². The monoisotopic (exact) mass is 315 g/mol. The molecule has 1 aromatic carbocycles. The number of hydrogen-bond acceptors (Lipinski definition) is 4. The van der Waals surface area contributed by atoms with Crippen LogP contribution in [-0.2, 0) is 0 Å². The highest BCUT2D eigenvalue weighted by Gasteiger charge is 2.17. The molecule has 1 aromatic heterocycles. The molecule has 0 saturated carbocycles. The summed E-state index contributed by atoms with van der Waals surface area (Å²) in [6.45, 7) is 3.83. The van der Waals surface area contributed by atoms with Gasteiger partial charge in [0, 0.05) is 6.20 Å². The second kappa shape index (κ2) is 7.40. The number of nitrogens with two attached hydrogens (primary N) is 1. The minimum absolute atomic E-state index is 0.0237. The number of pyridine rings is 1. The lowest BCUT2D eigenvalue weighted by atomic mass is 10.1. The van der Waals surface area contributed by atoms with Crippen molar-refractivity contribution in [1.82, 2.24) is 4.98 Å². The fourth-order valence-corrected chi connectivity index (χ4v) is 2.01. The van der Waals surface area contributed by atoms with Gasteiger partial charge in [-0.25, -0.2) is 9.37 Å². The van der Waals surface area contributed by atoms with Crippen LogP contribution in [-0.4, -0.2) is 17.5 Å². The zero-order chi connectivity index (χ0) is 16.8. The maximum absolute atomic E-state index is 14.4. The van der Waals surface area contributed by atoms with Gasteiger partial charge in [0.2, 0.25) is 0 Å². The number of benzene rings is 1. The number of carbonyl (C=O) groups excluding carboxylic acids is 1. The second-order valence-electron chi connectivity index (χ2n) is 4.84. The molecule has 0 atom stereocenters. The molecule has 3 N–H and O–H groups in total.